The average Bonchev–Trinajstić information content (AvgIpc) is 1.50. The van der Waals surface area contributed by atoms with Crippen molar-refractivity contribution in [1.82, 2.24) is 24.9 Å². The van der Waals surface area contributed by atoms with Gasteiger partial charge in [0.1, 0.15) is 0 Å². The molecule has 9 aliphatic rings. The third-order valence-corrected chi connectivity index (χ3v) is 27.1. The molecule has 0 aliphatic heterocycles. The topological polar surface area (TPSA) is 64.5 Å². The van der Waals surface area contributed by atoms with Gasteiger partial charge in [-0.1, -0.05) is 342 Å². The van der Waals surface area contributed by atoms with E-state index >= 15 is 0 Å². The third kappa shape index (κ3) is 11.0. The molecule has 7 atom stereocenters. The molecule has 5 nitrogen and oxygen atoms in total. The first-order valence-electron chi connectivity index (χ1n) is 39.2. The highest BCUT2D eigenvalue weighted by Crippen LogP contribution is 2.68. The lowest BCUT2D eigenvalue weighted by molar-refractivity contribution is 0.405. The fourth-order valence-electron chi connectivity index (χ4n) is 20.1. The minimum Gasteiger partial charge on any atom is -0.228 e. The maximum atomic E-state index is 5.58. The molecule has 109 heavy (non-hydrogen) atoms. The Morgan fingerprint density at radius 1 is 0.495 bits per heavy atom. The number of nitrogens with zero attached hydrogens (tertiary/aromatic N) is 5. The summed E-state index contributed by atoms with van der Waals surface area (Å²) in [4.78, 5) is 26.7. The maximum Gasteiger partial charge on any atom is 0.164 e. The van der Waals surface area contributed by atoms with E-state index in [9.17, 15) is 0 Å². The van der Waals surface area contributed by atoms with Gasteiger partial charge >= 0.3 is 0 Å². The van der Waals surface area contributed by atoms with Gasteiger partial charge in [-0.2, -0.15) is 0 Å². The lowest BCUT2D eigenvalue weighted by Crippen LogP contribution is -2.37. The van der Waals surface area contributed by atoms with Crippen LogP contribution in [0, 0.1) is 11.8 Å². The highest BCUT2D eigenvalue weighted by Gasteiger charge is 2.60. The SMILES string of the molecule is C/C=C(\C=C1/C(I)c2ccccc2C1(C)C)c1ccc(-c2nc(C3=CC=CCC3)nc(-c3ccc(C4C=C5C(=CC4)c4ccc(C6C=CC7=C(C6C)C6(c8cc(-c9cc(-c%10ccc(-c%11ccccc%11)cc%10)nc(-c%10ccc%11c(c%10)CCC=C%11)n9)ccc87)c7ccccc7C7C=CC=CC76)cc4C5(C)C)cc3)n2)cc1. The van der Waals surface area contributed by atoms with Crippen LogP contribution in [-0.2, 0) is 22.7 Å². The van der Waals surface area contributed by atoms with Gasteiger partial charge in [-0.25, -0.2) is 24.9 Å². The second kappa shape index (κ2) is 26.4. The van der Waals surface area contributed by atoms with E-state index in [0.29, 0.717) is 15.6 Å². The van der Waals surface area contributed by atoms with Gasteiger partial charge in [0.2, 0.25) is 0 Å². The number of alkyl halides is 1. The molecule has 0 saturated carbocycles. The predicted molar refractivity (Wildman–Crippen MR) is 459 cm³/mol. The van der Waals surface area contributed by atoms with Crippen molar-refractivity contribution in [2.75, 3.05) is 0 Å². The third-order valence-electron chi connectivity index (χ3n) is 25.7. The molecule has 528 valence electrons. The number of benzene rings is 9. The van der Waals surface area contributed by atoms with Crippen molar-refractivity contribution >= 4 is 51.0 Å². The van der Waals surface area contributed by atoms with Gasteiger partial charge in [0.25, 0.3) is 0 Å². The largest absolute Gasteiger partial charge is 0.228 e. The van der Waals surface area contributed by atoms with Gasteiger partial charge in [0.15, 0.2) is 23.3 Å². The number of halogens is 1. The molecule has 0 amide bonds. The molecule has 20 rings (SSSR count). The van der Waals surface area contributed by atoms with Gasteiger partial charge in [-0.15, -0.1) is 0 Å². The van der Waals surface area contributed by atoms with E-state index < -0.39 is 5.41 Å². The van der Waals surface area contributed by atoms with Gasteiger partial charge in [0.05, 0.1) is 20.7 Å². The molecule has 11 aromatic rings. The standard InChI is InChI=1S/C103H84IN5/c1-7-63(57-92-96(104)85-30-18-19-31-86(85)101(92,3)4)66-36-43-71(44-37-66)98-107-97(70-25-12-9-13-26-70)108-99(109-98)72-45-38-68(39-46-72)74-48-51-81-82-52-49-75(59-90(82)102(5,6)89(81)58-74)78-54-55-84-83-53-50-76(60-91(83)103(95(84)62(78)2)87-32-20-16-28-79(87)80-29-17-21-33-88(80)103)94-61-93(69-41-34-67(35-42-69)64-22-10-8-11-23-64)105-100(106-94)77-47-40-65-24-14-15-27-73(65)56-77/h7-12,14,16-25,28-47,49-62,74,78-79,87,96H,13,15,26-27,48H2,1-6H3/b63-7+,92-57+. The van der Waals surface area contributed by atoms with E-state index in [-0.39, 0.29) is 40.4 Å². The molecule has 9 aromatic carbocycles. The number of rotatable bonds is 11. The van der Waals surface area contributed by atoms with Crippen molar-refractivity contribution in [3.8, 4) is 67.8 Å². The highest BCUT2D eigenvalue weighted by atomic mass is 127. The minimum absolute atomic E-state index is 0.0580. The van der Waals surface area contributed by atoms with Crippen LogP contribution in [0.5, 0.6) is 0 Å². The van der Waals surface area contributed by atoms with E-state index in [1.807, 2.05) is 0 Å². The summed E-state index contributed by atoms with van der Waals surface area (Å²) in [6, 6.07) is 79.6. The van der Waals surface area contributed by atoms with Gasteiger partial charge in [-0.05, 0) is 186 Å². The minimum atomic E-state index is -0.428. The zero-order chi connectivity index (χ0) is 73.4. The maximum absolute atomic E-state index is 5.58. The second-order valence-corrected chi connectivity index (χ2v) is 33.5. The van der Waals surface area contributed by atoms with Crippen LogP contribution in [0.15, 0.2) is 314 Å². The molecule has 0 radical (unpaired) electrons. The molecule has 6 heteroatoms. The van der Waals surface area contributed by atoms with Gasteiger partial charge in [-0.3, -0.25) is 0 Å². The fraction of sp³-hybridized carbons (Fsp3) is 0.194. The van der Waals surface area contributed by atoms with E-state index in [1.165, 1.54) is 117 Å². The number of aryl methyl sites for hydroxylation is 1. The molecule has 7 unspecified atom stereocenters. The fourth-order valence-corrected chi connectivity index (χ4v) is 21.6. The normalized spacial score (nSPS) is 22.8. The number of fused-ring (bicyclic) bond motifs is 14. The monoisotopic (exact) mass is 1520 g/mol. The van der Waals surface area contributed by atoms with Crippen LogP contribution in [0.3, 0.4) is 0 Å². The molecule has 9 aliphatic carbocycles. The first-order chi connectivity index (χ1) is 53.3. The van der Waals surface area contributed by atoms with Crippen molar-refractivity contribution in [1.29, 1.82) is 0 Å². The number of hydrogen-bond donors (Lipinski definition) is 0. The molecule has 2 heterocycles. The Hall–Kier alpha value is -11.1. The summed E-state index contributed by atoms with van der Waals surface area (Å²) >= 11 is 2.63. The van der Waals surface area contributed by atoms with Crippen molar-refractivity contribution < 1.29 is 0 Å². The summed E-state index contributed by atoms with van der Waals surface area (Å²) in [6.07, 6.45) is 40.3. The number of hydrogen-bond acceptors (Lipinski definition) is 5. The Kier molecular flexibility index (Phi) is 16.3. The van der Waals surface area contributed by atoms with Crippen molar-refractivity contribution in [2.45, 2.75) is 112 Å². The number of allylic oxidation sites excluding steroid dienone is 21. The molecule has 0 saturated heterocycles. The Bertz CT molecular complexity index is 6000. The summed E-state index contributed by atoms with van der Waals surface area (Å²) in [5.41, 5.74) is 35.8. The summed E-state index contributed by atoms with van der Waals surface area (Å²) in [7, 11) is 0. The van der Waals surface area contributed by atoms with E-state index in [0.717, 1.165) is 88.5 Å². The van der Waals surface area contributed by atoms with Gasteiger partial charge < -0.3 is 0 Å². The van der Waals surface area contributed by atoms with Crippen LogP contribution in [0.2, 0.25) is 0 Å². The van der Waals surface area contributed by atoms with Crippen LogP contribution < -0.4 is 0 Å². The van der Waals surface area contributed by atoms with E-state index in [2.05, 4.69) is 368 Å². The molecule has 0 fully saturated rings. The van der Waals surface area contributed by atoms with Gasteiger partial charge in [0, 0.05) is 62.3 Å². The Balaban J connectivity index is 0.604. The lowest BCUT2D eigenvalue weighted by Gasteiger charge is -2.42. The molecular formula is C103H84IN5. The quantitative estimate of drug-likeness (QED) is 0.0954. The average molecular weight is 1520 g/mol. The summed E-state index contributed by atoms with van der Waals surface area (Å²) < 4.78 is 0.318. The smallest absolute Gasteiger partial charge is 0.164 e. The van der Waals surface area contributed by atoms with Crippen molar-refractivity contribution in [3.63, 3.8) is 0 Å². The predicted octanol–water partition coefficient (Wildman–Crippen LogP) is 25.8. The summed E-state index contributed by atoms with van der Waals surface area (Å²) in [5.74, 6) is 3.81. The van der Waals surface area contributed by atoms with Crippen LogP contribution in [0.25, 0.3) is 96.2 Å². The molecule has 0 bridgehead atoms. The zero-order valence-corrected chi connectivity index (χ0v) is 64.6. The van der Waals surface area contributed by atoms with E-state index in [4.69, 9.17) is 24.9 Å². The first-order valence-corrected chi connectivity index (χ1v) is 40.4. The van der Waals surface area contributed by atoms with Crippen molar-refractivity contribution in [3.05, 3.63) is 392 Å². The Labute approximate surface area is 654 Å². The molecule has 1 spiro atoms. The summed E-state index contributed by atoms with van der Waals surface area (Å²) in [5, 5.41) is 0. The van der Waals surface area contributed by atoms with Crippen LogP contribution in [0.1, 0.15) is 167 Å². The first kappa shape index (κ1) is 67.3. The Morgan fingerprint density at radius 3 is 1.92 bits per heavy atom. The van der Waals surface area contributed by atoms with Crippen LogP contribution in [-0.4, -0.2) is 24.9 Å². The zero-order valence-electron chi connectivity index (χ0n) is 62.5. The molecule has 2 aromatic heterocycles. The van der Waals surface area contributed by atoms with Crippen LogP contribution in [0.4, 0.5) is 0 Å². The molecule has 0 N–H and O–H groups in total. The van der Waals surface area contributed by atoms with Crippen molar-refractivity contribution in [2.24, 2.45) is 11.8 Å². The number of aromatic nitrogens is 5. The van der Waals surface area contributed by atoms with Crippen LogP contribution >= 0.6 is 22.6 Å². The summed E-state index contributed by atoms with van der Waals surface area (Å²) in [6.45, 7) is 14.3. The lowest BCUT2D eigenvalue weighted by atomic mass is 9.59. The highest BCUT2D eigenvalue weighted by molar-refractivity contribution is 14.1. The Morgan fingerprint density at radius 2 is 1.15 bits per heavy atom. The van der Waals surface area contributed by atoms with E-state index in [1.54, 1.807) is 0 Å². The second-order valence-electron chi connectivity index (χ2n) is 32.3. The molecular weight excluding hydrogens is 1430 g/mol.